The molecule has 0 unspecified atom stereocenters. The number of hydrogen-bond acceptors (Lipinski definition) is 7. The zero-order valence-electron chi connectivity index (χ0n) is 16.3. The third kappa shape index (κ3) is 3.86. The van der Waals surface area contributed by atoms with Gasteiger partial charge in [-0.25, -0.2) is 4.98 Å². The molecule has 0 fully saturated rings. The Morgan fingerprint density at radius 3 is 2.72 bits per heavy atom. The Labute approximate surface area is 168 Å². The fraction of sp³-hybridized carbons (Fsp3) is 0.182. The van der Waals surface area contributed by atoms with E-state index >= 15 is 0 Å². The molecule has 0 amide bonds. The summed E-state index contributed by atoms with van der Waals surface area (Å²) in [6, 6.07) is 15.7. The number of aromatic nitrogens is 1. The summed E-state index contributed by atoms with van der Waals surface area (Å²) in [4.78, 5) is 9.75. The van der Waals surface area contributed by atoms with E-state index in [9.17, 15) is 0 Å². The van der Waals surface area contributed by atoms with Gasteiger partial charge in [0, 0.05) is 23.7 Å². The second-order valence-corrected chi connectivity index (χ2v) is 6.51. The lowest BCUT2D eigenvalue weighted by molar-refractivity contribution is 0.152. The van der Waals surface area contributed by atoms with Gasteiger partial charge in [0.15, 0.2) is 0 Å². The molecule has 0 saturated carbocycles. The third-order valence-corrected chi connectivity index (χ3v) is 4.59. The lowest BCUT2D eigenvalue weighted by Gasteiger charge is -2.12. The summed E-state index contributed by atoms with van der Waals surface area (Å²) in [6.45, 7) is 2.74. The fourth-order valence-corrected chi connectivity index (χ4v) is 3.10. The highest BCUT2D eigenvalue weighted by molar-refractivity contribution is 6.07. The molecule has 4 rings (SSSR count). The largest absolute Gasteiger partial charge is 0.497 e. The highest BCUT2D eigenvalue weighted by atomic mass is 16.6. The fourth-order valence-electron chi connectivity index (χ4n) is 3.10. The van der Waals surface area contributed by atoms with E-state index in [-0.39, 0.29) is 0 Å². The van der Waals surface area contributed by atoms with Crippen LogP contribution in [0.3, 0.4) is 0 Å². The van der Waals surface area contributed by atoms with Crippen LogP contribution in [0.4, 0.5) is 11.4 Å². The lowest BCUT2D eigenvalue weighted by atomic mass is 10.1. The number of hydrogen-bond donors (Lipinski definition) is 2. The molecule has 4 aromatic rings. The normalized spacial score (nSPS) is 11.8. The number of anilines is 2. The van der Waals surface area contributed by atoms with Crippen LogP contribution < -0.4 is 15.8 Å². The number of fused-ring (bicyclic) bond motifs is 2. The lowest BCUT2D eigenvalue weighted by Crippen LogP contribution is -2.07. The number of nitrogens with one attached hydrogen (secondary N) is 1. The molecule has 0 atom stereocenters. The smallest absolute Gasteiger partial charge is 0.228 e. The minimum absolute atomic E-state index is 0.400. The summed E-state index contributed by atoms with van der Waals surface area (Å²) >= 11 is 0. The van der Waals surface area contributed by atoms with Crippen molar-refractivity contribution in [1.29, 1.82) is 0 Å². The number of nitrogens with two attached hydrogens (primary N) is 1. The van der Waals surface area contributed by atoms with Gasteiger partial charge in [0.1, 0.15) is 12.4 Å². The number of nitrogens with zero attached hydrogens (tertiary/aromatic N) is 2. The maximum absolute atomic E-state index is 5.54. The van der Waals surface area contributed by atoms with Crippen LogP contribution in [-0.2, 0) is 4.84 Å². The maximum Gasteiger partial charge on any atom is 0.228 e. The van der Waals surface area contributed by atoms with Crippen LogP contribution >= 0.6 is 0 Å². The molecule has 0 spiro atoms. The monoisotopic (exact) mass is 390 g/mol. The first-order valence-electron chi connectivity index (χ1n) is 9.28. The van der Waals surface area contributed by atoms with E-state index in [4.69, 9.17) is 19.7 Å². The van der Waals surface area contributed by atoms with Crippen molar-refractivity contribution in [1.82, 2.24) is 4.98 Å². The predicted octanol–water partition coefficient (Wildman–Crippen LogP) is 4.43. The Balaban J connectivity index is 1.68. The Morgan fingerprint density at radius 1 is 1.14 bits per heavy atom. The van der Waals surface area contributed by atoms with Crippen molar-refractivity contribution >= 4 is 39.1 Å². The first-order valence-corrected chi connectivity index (χ1v) is 9.28. The van der Waals surface area contributed by atoms with Gasteiger partial charge in [0.25, 0.3) is 0 Å². The quantitative estimate of drug-likeness (QED) is 0.275. The summed E-state index contributed by atoms with van der Waals surface area (Å²) in [5.41, 5.74) is 10.4. The number of methoxy groups -OCH3 is 1. The Bertz CT molecular complexity index is 1170. The molecule has 0 aliphatic rings. The van der Waals surface area contributed by atoms with Crippen molar-refractivity contribution in [3.05, 3.63) is 60.4 Å². The van der Waals surface area contributed by atoms with Gasteiger partial charge in [-0.15, -0.1) is 0 Å². The molecule has 0 saturated heterocycles. The van der Waals surface area contributed by atoms with E-state index in [0.29, 0.717) is 18.9 Å². The molecule has 3 N–H and O–H groups in total. The molecule has 2 aromatic heterocycles. The van der Waals surface area contributed by atoms with E-state index in [1.807, 2.05) is 55.5 Å². The van der Waals surface area contributed by atoms with Gasteiger partial charge in [-0.3, -0.25) is 0 Å². The number of furan rings is 1. The number of ether oxygens (including phenoxy) is 1. The maximum atomic E-state index is 5.54. The van der Waals surface area contributed by atoms with Gasteiger partial charge < -0.3 is 25.0 Å². The van der Waals surface area contributed by atoms with Crippen molar-refractivity contribution in [2.45, 2.75) is 6.92 Å². The van der Waals surface area contributed by atoms with Crippen LogP contribution in [0.5, 0.6) is 5.75 Å². The zero-order valence-corrected chi connectivity index (χ0v) is 16.3. The summed E-state index contributed by atoms with van der Waals surface area (Å²) in [6.07, 6.45) is 1.64. The van der Waals surface area contributed by atoms with Crippen molar-refractivity contribution in [3.63, 3.8) is 0 Å². The van der Waals surface area contributed by atoms with Gasteiger partial charge in [0.2, 0.25) is 5.71 Å². The number of benzene rings is 2. The second kappa shape index (κ2) is 8.20. The molecule has 0 aliphatic heterocycles. The van der Waals surface area contributed by atoms with Crippen LogP contribution in [0.25, 0.3) is 22.0 Å². The average molecular weight is 390 g/mol. The van der Waals surface area contributed by atoms with Crippen LogP contribution in [-0.4, -0.2) is 31.0 Å². The van der Waals surface area contributed by atoms with E-state index < -0.39 is 0 Å². The highest BCUT2D eigenvalue weighted by Gasteiger charge is 2.12. The topological polar surface area (TPSA) is 94.9 Å². The van der Waals surface area contributed by atoms with Crippen molar-refractivity contribution in [2.24, 2.45) is 10.9 Å². The van der Waals surface area contributed by atoms with Crippen molar-refractivity contribution in [2.75, 3.05) is 25.6 Å². The molecular formula is C22H22N4O3. The third-order valence-electron chi connectivity index (χ3n) is 4.59. The van der Waals surface area contributed by atoms with Gasteiger partial charge in [0.05, 0.1) is 35.7 Å². The molecule has 0 bridgehead atoms. The summed E-state index contributed by atoms with van der Waals surface area (Å²) in [7, 11) is 1.64. The van der Waals surface area contributed by atoms with Crippen LogP contribution in [0.15, 0.2) is 64.4 Å². The summed E-state index contributed by atoms with van der Waals surface area (Å²) in [5.74, 6) is 0.748. The van der Waals surface area contributed by atoms with Crippen molar-refractivity contribution < 1.29 is 14.0 Å². The Hall–Kier alpha value is -3.58. The average Bonchev–Trinajstić information content (AvgIpc) is 3.22. The molecule has 7 heteroatoms. The van der Waals surface area contributed by atoms with Gasteiger partial charge >= 0.3 is 0 Å². The second-order valence-electron chi connectivity index (χ2n) is 6.51. The predicted molar refractivity (Wildman–Crippen MR) is 115 cm³/mol. The van der Waals surface area contributed by atoms with Crippen LogP contribution in [0.2, 0.25) is 0 Å². The molecule has 148 valence electrons. The molecule has 2 aromatic carbocycles. The molecule has 0 aliphatic carbocycles. The highest BCUT2D eigenvalue weighted by Crippen LogP contribution is 2.35. The van der Waals surface area contributed by atoms with E-state index in [0.717, 1.165) is 44.7 Å². The SMILES string of the molecule is COc1ccc2c(Nc3ccc(/C(C)=N/OCCN)cc3)c3ccoc3nc2c1. The van der Waals surface area contributed by atoms with Crippen LogP contribution in [0, 0.1) is 0 Å². The molecule has 29 heavy (non-hydrogen) atoms. The Kier molecular flexibility index (Phi) is 5.31. The van der Waals surface area contributed by atoms with E-state index in [1.165, 1.54) is 0 Å². The standard InChI is InChI=1S/C22H22N4O3/c1-14(26-29-12-10-23)15-3-5-16(6-4-15)24-21-18-8-7-17(27-2)13-20(18)25-22-19(21)9-11-28-22/h3-9,11,13H,10,12,23H2,1-2H3,(H,24,25)/b26-14+. The van der Waals surface area contributed by atoms with Gasteiger partial charge in [-0.05, 0) is 42.8 Å². The van der Waals surface area contributed by atoms with Crippen molar-refractivity contribution in [3.8, 4) is 5.75 Å². The number of rotatable bonds is 7. The van der Waals surface area contributed by atoms with Gasteiger partial charge in [-0.2, -0.15) is 0 Å². The molecule has 7 nitrogen and oxygen atoms in total. The summed E-state index contributed by atoms with van der Waals surface area (Å²) in [5, 5.41) is 9.48. The van der Waals surface area contributed by atoms with E-state index in [1.54, 1.807) is 13.4 Å². The first-order chi connectivity index (χ1) is 14.2. The van der Waals surface area contributed by atoms with Gasteiger partial charge in [-0.1, -0.05) is 17.3 Å². The minimum atomic E-state index is 0.400. The number of oxime groups is 1. The minimum Gasteiger partial charge on any atom is -0.497 e. The van der Waals surface area contributed by atoms with E-state index in [2.05, 4.69) is 15.5 Å². The molecule has 2 heterocycles. The van der Waals surface area contributed by atoms with Crippen LogP contribution in [0.1, 0.15) is 12.5 Å². The first kappa shape index (κ1) is 18.8. The molecule has 0 radical (unpaired) electrons. The summed E-state index contributed by atoms with van der Waals surface area (Å²) < 4.78 is 10.9. The molecular weight excluding hydrogens is 368 g/mol. The number of pyridine rings is 1. The zero-order chi connectivity index (χ0) is 20.2. The Morgan fingerprint density at radius 2 is 1.97 bits per heavy atom.